The molecule has 0 aliphatic heterocycles. The van der Waals surface area contributed by atoms with E-state index in [2.05, 4.69) is 17.1 Å². The lowest BCUT2D eigenvalue weighted by atomic mass is 10.1. The molecule has 0 unspecified atom stereocenters. The number of nitriles is 1. The number of para-hydroxylation sites is 1. The van der Waals surface area contributed by atoms with E-state index in [1.807, 2.05) is 47.2 Å². The van der Waals surface area contributed by atoms with Crippen LogP contribution in [0.2, 0.25) is 0 Å². The van der Waals surface area contributed by atoms with E-state index in [1.165, 1.54) is 0 Å². The summed E-state index contributed by atoms with van der Waals surface area (Å²) in [5.74, 6) is 0. The van der Waals surface area contributed by atoms with E-state index in [0.717, 1.165) is 16.5 Å². The molecule has 18 heavy (non-hydrogen) atoms. The van der Waals surface area contributed by atoms with E-state index in [-0.39, 0.29) is 0 Å². The number of fused-ring (bicyclic) bond motifs is 1. The Balaban J connectivity index is 2.08. The minimum absolute atomic E-state index is 0.669. The molecular weight excluding hydrogens is 222 g/mol. The highest BCUT2D eigenvalue weighted by Gasteiger charge is 2.04. The molecule has 2 aromatic heterocycles. The number of pyridine rings is 1. The van der Waals surface area contributed by atoms with Crippen LogP contribution in [0.1, 0.15) is 11.3 Å². The molecule has 0 N–H and O–H groups in total. The average molecular weight is 233 g/mol. The molecule has 2 heterocycles. The van der Waals surface area contributed by atoms with Crippen molar-refractivity contribution in [2.75, 3.05) is 0 Å². The number of rotatable bonds is 2. The maximum atomic E-state index is 9.01. The van der Waals surface area contributed by atoms with E-state index in [4.69, 9.17) is 5.26 Å². The van der Waals surface area contributed by atoms with Crippen LogP contribution in [0.25, 0.3) is 10.9 Å². The normalized spacial score (nSPS) is 10.4. The van der Waals surface area contributed by atoms with Crippen molar-refractivity contribution in [3.05, 3.63) is 66.1 Å². The first kappa shape index (κ1) is 10.5. The molecule has 0 radical (unpaired) electrons. The zero-order valence-corrected chi connectivity index (χ0v) is 9.74. The SMILES string of the molecule is N#Cc1cccn1Cc1cccc2cccnc12. The zero-order valence-electron chi connectivity index (χ0n) is 9.74. The lowest BCUT2D eigenvalue weighted by molar-refractivity contribution is 0.797. The Morgan fingerprint density at radius 3 is 2.89 bits per heavy atom. The lowest BCUT2D eigenvalue weighted by Crippen LogP contribution is -2.01. The molecule has 0 spiro atoms. The van der Waals surface area contributed by atoms with Crippen molar-refractivity contribution in [1.29, 1.82) is 5.26 Å². The van der Waals surface area contributed by atoms with Crippen molar-refractivity contribution in [3.63, 3.8) is 0 Å². The van der Waals surface area contributed by atoms with Crippen LogP contribution in [-0.2, 0) is 6.54 Å². The van der Waals surface area contributed by atoms with E-state index < -0.39 is 0 Å². The molecule has 0 saturated heterocycles. The predicted octanol–water partition coefficient (Wildman–Crippen LogP) is 2.96. The average Bonchev–Trinajstić information content (AvgIpc) is 2.86. The second-order valence-electron chi connectivity index (χ2n) is 4.13. The van der Waals surface area contributed by atoms with Gasteiger partial charge in [0.1, 0.15) is 11.8 Å². The van der Waals surface area contributed by atoms with Gasteiger partial charge < -0.3 is 4.57 Å². The molecule has 3 heteroatoms. The van der Waals surface area contributed by atoms with Crippen molar-refractivity contribution in [2.45, 2.75) is 6.54 Å². The Kier molecular flexibility index (Phi) is 2.54. The molecule has 0 aliphatic carbocycles. The molecule has 0 fully saturated rings. The van der Waals surface area contributed by atoms with Gasteiger partial charge in [0.15, 0.2) is 0 Å². The number of aromatic nitrogens is 2. The number of hydrogen-bond acceptors (Lipinski definition) is 2. The van der Waals surface area contributed by atoms with Crippen LogP contribution in [-0.4, -0.2) is 9.55 Å². The molecule has 0 atom stereocenters. The van der Waals surface area contributed by atoms with Gasteiger partial charge in [-0.3, -0.25) is 4.98 Å². The molecule has 1 aromatic carbocycles. The quantitative estimate of drug-likeness (QED) is 0.682. The minimum Gasteiger partial charge on any atom is -0.335 e. The summed E-state index contributed by atoms with van der Waals surface area (Å²) >= 11 is 0. The largest absolute Gasteiger partial charge is 0.335 e. The number of hydrogen-bond donors (Lipinski definition) is 0. The fraction of sp³-hybridized carbons (Fsp3) is 0.0667. The molecule has 86 valence electrons. The van der Waals surface area contributed by atoms with Gasteiger partial charge in [0.2, 0.25) is 0 Å². The molecule has 0 aliphatic rings. The van der Waals surface area contributed by atoms with Gasteiger partial charge in [-0.15, -0.1) is 0 Å². The summed E-state index contributed by atoms with van der Waals surface area (Å²) in [6.07, 6.45) is 3.72. The van der Waals surface area contributed by atoms with Crippen LogP contribution in [0, 0.1) is 11.3 Å². The molecule has 3 aromatic rings. The minimum atomic E-state index is 0.669. The van der Waals surface area contributed by atoms with Gasteiger partial charge in [-0.1, -0.05) is 24.3 Å². The molecule has 3 nitrogen and oxygen atoms in total. The third-order valence-corrected chi connectivity index (χ3v) is 3.00. The lowest BCUT2D eigenvalue weighted by Gasteiger charge is -2.07. The standard InChI is InChI=1S/C15H11N3/c16-10-14-7-3-9-18(14)11-13-5-1-4-12-6-2-8-17-15(12)13/h1-9H,11H2. The van der Waals surface area contributed by atoms with Crippen molar-refractivity contribution in [3.8, 4) is 6.07 Å². The monoisotopic (exact) mass is 233 g/mol. The number of nitrogens with zero attached hydrogens (tertiary/aromatic N) is 3. The summed E-state index contributed by atoms with van der Waals surface area (Å²) in [4.78, 5) is 4.42. The molecule has 0 amide bonds. The van der Waals surface area contributed by atoms with Gasteiger partial charge >= 0.3 is 0 Å². The van der Waals surface area contributed by atoms with Gasteiger partial charge in [0.25, 0.3) is 0 Å². The Bertz CT molecular complexity index is 729. The van der Waals surface area contributed by atoms with Gasteiger partial charge in [-0.25, -0.2) is 0 Å². The number of benzene rings is 1. The van der Waals surface area contributed by atoms with E-state index in [0.29, 0.717) is 12.2 Å². The van der Waals surface area contributed by atoms with Crippen molar-refractivity contribution < 1.29 is 0 Å². The summed E-state index contributed by atoms with van der Waals surface area (Å²) in [5, 5.41) is 10.1. The van der Waals surface area contributed by atoms with Crippen LogP contribution in [0.5, 0.6) is 0 Å². The Labute approximate surface area is 105 Å². The predicted molar refractivity (Wildman–Crippen MR) is 70.0 cm³/mol. The summed E-state index contributed by atoms with van der Waals surface area (Å²) in [5.41, 5.74) is 2.79. The van der Waals surface area contributed by atoms with Gasteiger partial charge in [-0.05, 0) is 23.8 Å². The van der Waals surface area contributed by atoms with Gasteiger partial charge in [-0.2, -0.15) is 5.26 Å². The maximum Gasteiger partial charge on any atom is 0.120 e. The van der Waals surface area contributed by atoms with Crippen molar-refractivity contribution >= 4 is 10.9 Å². The van der Waals surface area contributed by atoms with Crippen LogP contribution in [0.3, 0.4) is 0 Å². The fourth-order valence-electron chi connectivity index (χ4n) is 2.13. The van der Waals surface area contributed by atoms with E-state index in [9.17, 15) is 0 Å². The Hall–Kier alpha value is -2.60. The van der Waals surface area contributed by atoms with Crippen molar-refractivity contribution in [2.24, 2.45) is 0 Å². The Morgan fingerprint density at radius 1 is 1.11 bits per heavy atom. The van der Waals surface area contributed by atoms with Crippen LogP contribution >= 0.6 is 0 Å². The summed E-state index contributed by atoms with van der Waals surface area (Å²) in [7, 11) is 0. The summed E-state index contributed by atoms with van der Waals surface area (Å²) in [6.45, 7) is 0.671. The Morgan fingerprint density at radius 2 is 2.00 bits per heavy atom. The maximum absolute atomic E-state index is 9.01. The smallest absolute Gasteiger partial charge is 0.120 e. The third-order valence-electron chi connectivity index (χ3n) is 3.00. The highest BCUT2D eigenvalue weighted by Crippen LogP contribution is 2.17. The van der Waals surface area contributed by atoms with Crippen LogP contribution in [0.15, 0.2) is 54.9 Å². The fourth-order valence-corrected chi connectivity index (χ4v) is 2.13. The van der Waals surface area contributed by atoms with Crippen LogP contribution < -0.4 is 0 Å². The van der Waals surface area contributed by atoms with E-state index in [1.54, 1.807) is 6.20 Å². The second kappa shape index (κ2) is 4.34. The molecule has 3 rings (SSSR count). The molecule has 0 bridgehead atoms. The third kappa shape index (κ3) is 1.74. The first-order valence-corrected chi connectivity index (χ1v) is 5.76. The highest BCUT2D eigenvalue weighted by atomic mass is 15.0. The molecule has 0 saturated carbocycles. The first-order chi connectivity index (χ1) is 8.88. The molecular formula is C15H11N3. The summed E-state index contributed by atoms with van der Waals surface area (Å²) in [6, 6.07) is 16.0. The topological polar surface area (TPSA) is 41.6 Å². The van der Waals surface area contributed by atoms with E-state index >= 15 is 0 Å². The first-order valence-electron chi connectivity index (χ1n) is 5.76. The van der Waals surface area contributed by atoms with Gasteiger partial charge in [0.05, 0.1) is 12.1 Å². The van der Waals surface area contributed by atoms with Gasteiger partial charge in [0, 0.05) is 17.8 Å². The second-order valence-corrected chi connectivity index (χ2v) is 4.13. The van der Waals surface area contributed by atoms with Crippen molar-refractivity contribution in [1.82, 2.24) is 9.55 Å². The zero-order chi connectivity index (χ0) is 12.4. The van der Waals surface area contributed by atoms with Crippen LogP contribution in [0.4, 0.5) is 0 Å². The summed E-state index contributed by atoms with van der Waals surface area (Å²) < 4.78 is 1.93. The highest BCUT2D eigenvalue weighted by molar-refractivity contribution is 5.81.